The van der Waals surface area contributed by atoms with Crippen LogP contribution in [-0.2, 0) is 11.3 Å². The van der Waals surface area contributed by atoms with Gasteiger partial charge in [-0.25, -0.2) is 9.97 Å². The van der Waals surface area contributed by atoms with Gasteiger partial charge in [-0.3, -0.25) is 4.79 Å². The summed E-state index contributed by atoms with van der Waals surface area (Å²) >= 11 is 1.39. The molecule has 1 atom stereocenters. The zero-order valence-electron chi connectivity index (χ0n) is 15.8. The molecule has 3 rings (SSSR count). The lowest BCUT2D eigenvalue weighted by Crippen LogP contribution is -2.32. The number of para-hydroxylation sites is 1. The number of amides is 1. The first-order valence-electron chi connectivity index (χ1n) is 9.04. The number of thioether (sulfide) groups is 1. The van der Waals surface area contributed by atoms with Crippen molar-refractivity contribution in [3.8, 4) is 0 Å². The third kappa shape index (κ3) is 4.77. The van der Waals surface area contributed by atoms with Crippen molar-refractivity contribution in [3.05, 3.63) is 60.2 Å². The second-order valence-electron chi connectivity index (χ2n) is 6.34. The van der Waals surface area contributed by atoms with E-state index in [-0.39, 0.29) is 11.2 Å². The molecule has 0 saturated carbocycles. The summed E-state index contributed by atoms with van der Waals surface area (Å²) in [5.41, 5.74) is 1.99. The molecule has 0 aliphatic carbocycles. The third-order valence-corrected chi connectivity index (χ3v) is 5.14. The van der Waals surface area contributed by atoms with Gasteiger partial charge in [0, 0.05) is 25.5 Å². The van der Waals surface area contributed by atoms with Crippen molar-refractivity contribution in [3.63, 3.8) is 0 Å². The Morgan fingerprint density at radius 1 is 1.11 bits per heavy atom. The number of aromatic nitrogens is 2. The van der Waals surface area contributed by atoms with Gasteiger partial charge in [-0.2, -0.15) is 0 Å². The Labute approximate surface area is 164 Å². The molecule has 27 heavy (non-hydrogen) atoms. The van der Waals surface area contributed by atoms with Crippen LogP contribution < -0.4 is 5.32 Å². The minimum Gasteiger partial charge on any atom is -0.370 e. The first kappa shape index (κ1) is 19.2. The Bertz CT molecular complexity index is 916. The summed E-state index contributed by atoms with van der Waals surface area (Å²) in [7, 11) is 1.83. The van der Waals surface area contributed by atoms with E-state index in [9.17, 15) is 4.79 Å². The minimum absolute atomic E-state index is 0.0608. The van der Waals surface area contributed by atoms with Crippen molar-refractivity contribution in [1.29, 1.82) is 0 Å². The van der Waals surface area contributed by atoms with E-state index in [4.69, 9.17) is 0 Å². The van der Waals surface area contributed by atoms with Crippen LogP contribution >= 0.6 is 11.8 Å². The van der Waals surface area contributed by atoms with Crippen LogP contribution in [0.4, 0.5) is 5.82 Å². The van der Waals surface area contributed by atoms with Crippen LogP contribution in [0.25, 0.3) is 10.9 Å². The van der Waals surface area contributed by atoms with E-state index < -0.39 is 0 Å². The van der Waals surface area contributed by atoms with Crippen molar-refractivity contribution < 1.29 is 4.79 Å². The van der Waals surface area contributed by atoms with E-state index >= 15 is 0 Å². The van der Waals surface area contributed by atoms with E-state index in [2.05, 4.69) is 15.3 Å². The summed E-state index contributed by atoms with van der Waals surface area (Å²) in [5.74, 6) is 0.869. The SMILES string of the molecule is CCNc1nc(S[C@@H](C)C(=O)N(C)Cc2ccccc2)nc2ccccc12. The predicted molar refractivity (Wildman–Crippen MR) is 112 cm³/mol. The van der Waals surface area contributed by atoms with Gasteiger partial charge in [-0.15, -0.1) is 0 Å². The number of nitrogens with zero attached hydrogens (tertiary/aromatic N) is 3. The summed E-state index contributed by atoms with van der Waals surface area (Å²) < 4.78 is 0. The van der Waals surface area contributed by atoms with Crippen LogP contribution in [0.1, 0.15) is 19.4 Å². The highest BCUT2D eigenvalue weighted by Gasteiger charge is 2.21. The topological polar surface area (TPSA) is 58.1 Å². The first-order chi connectivity index (χ1) is 13.1. The van der Waals surface area contributed by atoms with Crippen LogP contribution in [0.15, 0.2) is 59.8 Å². The van der Waals surface area contributed by atoms with Crippen molar-refractivity contribution in [2.75, 3.05) is 18.9 Å². The zero-order valence-corrected chi connectivity index (χ0v) is 16.7. The lowest BCUT2D eigenvalue weighted by atomic mass is 10.2. The van der Waals surface area contributed by atoms with E-state index in [0.717, 1.165) is 28.8 Å². The average molecular weight is 381 g/mol. The Kier molecular flexibility index (Phi) is 6.29. The van der Waals surface area contributed by atoms with Gasteiger partial charge in [0.2, 0.25) is 5.91 Å². The molecule has 140 valence electrons. The maximum atomic E-state index is 12.8. The second kappa shape index (κ2) is 8.86. The quantitative estimate of drug-likeness (QED) is 0.492. The van der Waals surface area contributed by atoms with Crippen molar-refractivity contribution in [1.82, 2.24) is 14.9 Å². The van der Waals surface area contributed by atoms with Crippen molar-refractivity contribution >= 4 is 34.4 Å². The van der Waals surface area contributed by atoms with Crippen molar-refractivity contribution in [2.24, 2.45) is 0 Å². The summed E-state index contributed by atoms with van der Waals surface area (Å²) in [6.07, 6.45) is 0. The maximum absolute atomic E-state index is 12.8. The van der Waals surface area contributed by atoms with Crippen LogP contribution in [-0.4, -0.2) is 39.6 Å². The molecule has 3 aromatic rings. The Balaban J connectivity index is 1.74. The normalized spacial score (nSPS) is 12.0. The number of rotatable bonds is 7. The molecule has 1 amide bonds. The smallest absolute Gasteiger partial charge is 0.235 e. The van der Waals surface area contributed by atoms with Gasteiger partial charge in [0.1, 0.15) is 5.82 Å². The number of hydrogen-bond acceptors (Lipinski definition) is 5. The number of benzene rings is 2. The Morgan fingerprint density at radius 3 is 2.56 bits per heavy atom. The average Bonchev–Trinajstić information content (AvgIpc) is 2.68. The maximum Gasteiger partial charge on any atom is 0.235 e. The number of anilines is 1. The highest BCUT2D eigenvalue weighted by atomic mass is 32.2. The molecule has 0 spiro atoms. The number of carbonyl (C=O) groups is 1. The molecule has 0 aliphatic heterocycles. The first-order valence-corrected chi connectivity index (χ1v) is 9.92. The molecule has 1 N–H and O–H groups in total. The van der Waals surface area contributed by atoms with Gasteiger partial charge in [-0.05, 0) is 31.5 Å². The molecule has 1 heterocycles. The fraction of sp³-hybridized carbons (Fsp3) is 0.286. The molecule has 0 unspecified atom stereocenters. The molecule has 0 fully saturated rings. The van der Waals surface area contributed by atoms with Crippen LogP contribution in [0.3, 0.4) is 0 Å². The summed E-state index contributed by atoms with van der Waals surface area (Å²) in [6, 6.07) is 17.9. The summed E-state index contributed by atoms with van der Waals surface area (Å²) in [4.78, 5) is 23.8. The highest BCUT2D eigenvalue weighted by molar-refractivity contribution is 8.00. The summed E-state index contributed by atoms with van der Waals surface area (Å²) in [5, 5.41) is 4.62. The number of nitrogens with one attached hydrogen (secondary N) is 1. The van der Waals surface area contributed by atoms with Crippen LogP contribution in [0.5, 0.6) is 0 Å². The molecule has 0 saturated heterocycles. The molecule has 0 radical (unpaired) electrons. The molecule has 0 bridgehead atoms. The van der Waals surface area contributed by atoms with Gasteiger partial charge in [0.05, 0.1) is 10.8 Å². The van der Waals surface area contributed by atoms with E-state index in [1.54, 1.807) is 4.90 Å². The standard InChI is InChI=1S/C21H24N4OS/c1-4-22-19-17-12-8-9-13-18(17)23-21(24-19)27-15(2)20(26)25(3)14-16-10-6-5-7-11-16/h5-13,15H,4,14H2,1-3H3,(H,22,23,24)/t15-/m0/s1. The fourth-order valence-electron chi connectivity index (χ4n) is 2.86. The molecule has 6 heteroatoms. The molecule has 0 aliphatic rings. The van der Waals surface area contributed by atoms with Crippen LogP contribution in [0, 0.1) is 0 Å². The molecular formula is C21H24N4OS. The largest absolute Gasteiger partial charge is 0.370 e. The van der Waals surface area contributed by atoms with Gasteiger partial charge in [0.25, 0.3) is 0 Å². The second-order valence-corrected chi connectivity index (χ2v) is 7.65. The fourth-order valence-corrected chi connectivity index (χ4v) is 3.76. The monoisotopic (exact) mass is 380 g/mol. The Hall–Kier alpha value is -2.60. The van der Waals surface area contributed by atoms with Gasteiger partial charge < -0.3 is 10.2 Å². The van der Waals surface area contributed by atoms with E-state index in [1.807, 2.05) is 75.5 Å². The lowest BCUT2D eigenvalue weighted by molar-refractivity contribution is -0.129. The minimum atomic E-state index is -0.269. The lowest BCUT2D eigenvalue weighted by Gasteiger charge is -2.21. The number of hydrogen-bond donors (Lipinski definition) is 1. The van der Waals surface area contributed by atoms with E-state index in [0.29, 0.717) is 11.7 Å². The van der Waals surface area contributed by atoms with Crippen molar-refractivity contribution in [2.45, 2.75) is 30.8 Å². The van der Waals surface area contributed by atoms with E-state index in [1.165, 1.54) is 11.8 Å². The third-order valence-electron chi connectivity index (χ3n) is 4.20. The summed E-state index contributed by atoms with van der Waals surface area (Å²) in [6.45, 7) is 5.31. The molecular weight excluding hydrogens is 356 g/mol. The number of carbonyl (C=O) groups excluding carboxylic acids is 1. The predicted octanol–water partition coefficient (Wildman–Crippen LogP) is 4.20. The van der Waals surface area contributed by atoms with Gasteiger partial charge in [-0.1, -0.05) is 54.2 Å². The molecule has 1 aromatic heterocycles. The van der Waals surface area contributed by atoms with Gasteiger partial charge in [0.15, 0.2) is 5.16 Å². The van der Waals surface area contributed by atoms with Crippen LogP contribution in [0.2, 0.25) is 0 Å². The number of fused-ring (bicyclic) bond motifs is 1. The highest BCUT2D eigenvalue weighted by Crippen LogP contribution is 2.27. The Morgan fingerprint density at radius 2 is 1.81 bits per heavy atom. The molecule has 5 nitrogen and oxygen atoms in total. The zero-order chi connectivity index (χ0) is 19.2. The molecule has 2 aromatic carbocycles. The van der Waals surface area contributed by atoms with Gasteiger partial charge >= 0.3 is 0 Å².